The van der Waals surface area contributed by atoms with Crippen molar-refractivity contribution in [2.24, 2.45) is 0 Å². The Hall–Kier alpha value is -1.81. The lowest BCUT2D eigenvalue weighted by atomic mass is 10.1. The summed E-state index contributed by atoms with van der Waals surface area (Å²) in [5, 5.41) is 1.81. The van der Waals surface area contributed by atoms with Crippen LogP contribution in [-0.4, -0.2) is 15.9 Å². The molecule has 92 valence electrons. The minimum absolute atomic E-state index is 0.553. The maximum atomic E-state index is 11.9. The lowest BCUT2D eigenvalue weighted by Crippen LogP contribution is -2.09. The quantitative estimate of drug-likeness (QED) is 0.830. The van der Waals surface area contributed by atoms with Gasteiger partial charge in [0.15, 0.2) is 0 Å². The van der Waals surface area contributed by atoms with Gasteiger partial charge in [-0.1, -0.05) is 0 Å². The van der Waals surface area contributed by atoms with Crippen molar-refractivity contribution >= 4 is 16.5 Å². The third kappa shape index (κ3) is 1.88. The van der Waals surface area contributed by atoms with Crippen molar-refractivity contribution in [2.45, 2.75) is 5.75 Å². The Balaban J connectivity index is 2.15. The van der Waals surface area contributed by atoms with Gasteiger partial charge in [0.25, 0.3) is 0 Å². The van der Waals surface area contributed by atoms with Crippen LogP contribution in [0.2, 0.25) is 0 Å². The third-order valence-corrected chi connectivity index (χ3v) is 4.09. The minimum atomic E-state index is -0.965. The number of aromatic nitrogens is 1. The molecule has 3 rings (SSSR count). The van der Waals surface area contributed by atoms with Crippen molar-refractivity contribution in [3.63, 3.8) is 0 Å². The van der Waals surface area contributed by atoms with Gasteiger partial charge in [-0.05, 0) is 35.9 Å². The maximum absolute atomic E-state index is 11.9. The van der Waals surface area contributed by atoms with Gasteiger partial charge in [-0.3, -0.25) is 4.21 Å². The monoisotopic (exact) mass is 259 g/mol. The van der Waals surface area contributed by atoms with E-state index in [-0.39, 0.29) is 0 Å². The number of methoxy groups -OCH3 is 1. The Morgan fingerprint density at radius 2 is 2.06 bits per heavy atom. The molecule has 2 aromatic rings. The van der Waals surface area contributed by atoms with E-state index in [0.29, 0.717) is 5.75 Å². The molecule has 4 heteroatoms. The largest absolute Gasteiger partial charge is 0.497 e. The van der Waals surface area contributed by atoms with Crippen LogP contribution in [0.25, 0.3) is 5.70 Å². The van der Waals surface area contributed by atoms with Gasteiger partial charge >= 0.3 is 0 Å². The van der Waals surface area contributed by atoms with Crippen molar-refractivity contribution in [1.29, 1.82) is 0 Å². The van der Waals surface area contributed by atoms with Gasteiger partial charge in [-0.2, -0.15) is 0 Å². The Morgan fingerprint density at radius 1 is 1.28 bits per heavy atom. The summed E-state index contributed by atoms with van der Waals surface area (Å²) < 4.78 is 19.1. The van der Waals surface area contributed by atoms with Crippen LogP contribution in [0.5, 0.6) is 5.75 Å². The van der Waals surface area contributed by atoms with Gasteiger partial charge in [0.05, 0.1) is 29.4 Å². The molecule has 0 saturated carbocycles. The van der Waals surface area contributed by atoms with E-state index in [1.165, 1.54) is 0 Å². The SMILES string of the molecule is COc1ccc2c(c1)CS(=O)C=C2n1cccc1. The molecule has 0 radical (unpaired) electrons. The minimum Gasteiger partial charge on any atom is -0.497 e. The maximum Gasteiger partial charge on any atom is 0.119 e. The fourth-order valence-corrected chi connectivity index (χ4v) is 3.27. The van der Waals surface area contributed by atoms with Crippen LogP contribution in [-0.2, 0) is 16.6 Å². The molecule has 0 spiro atoms. The molecular weight excluding hydrogens is 246 g/mol. The molecule has 1 aliphatic rings. The van der Waals surface area contributed by atoms with Crippen LogP contribution in [0.1, 0.15) is 11.1 Å². The summed E-state index contributed by atoms with van der Waals surface area (Å²) in [5.74, 6) is 1.36. The first-order valence-electron chi connectivity index (χ1n) is 5.67. The number of hydrogen-bond donors (Lipinski definition) is 0. The van der Waals surface area contributed by atoms with E-state index in [1.807, 2.05) is 52.7 Å². The zero-order chi connectivity index (χ0) is 12.5. The summed E-state index contributed by atoms with van der Waals surface area (Å²) >= 11 is 0. The standard InChI is InChI=1S/C14H13NO2S/c1-17-12-4-5-13-11(8-12)9-18(16)10-14(13)15-6-2-3-7-15/h2-8,10H,9H2,1H3. The van der Waals surface area contributed by atoms with E-state index >= 15 is 0 Å². The van der Waals surface area contributed by atoms with Crippen molar-refractivity contribution in [3.8, 4) is 5.75 Å². The van der Waals surface area contributed by atoms with Gasteiger partial charge in [0.1, 0.15) is 5.75 Å². The van der Waals surface area contributed by atoms with E-state index in [0.717, 1.165) is 22.6 Å². The fourth-order valence-electron chi connectivity index (χ4n) is 2.14. The Bertz CT molecular complexity index is 629. The molecule has 0 aliphatic carbocycles. The van der Waals surface area contributed by atoms with Crippen molar-refractivity contribution in [1.82, 2.24) is 4.57 Å². The second-order valence-electron chi connectivity index (χ2n) is 4.14. The highest BCUT2D eigenvalue weighted by Gasteiger charge is 2.18. The molecule has 18 heavy (non-hydrogen) atoms. The van der Waals surface area contributed by atoms with Crippen molar-refractivity contribution in [3.05, 3.63) is 59.3 Å². The number of fused-ring (bicyclic) bond motifs is 1. The summed E-state index contributed by atoms with van der Waals surface area (Å²) in [6.07, 6.45) is 3.92. The Kier molecular flexibility index (Phi) is 2.80. The third-order valence-electron chi connectivity index (χ3n) is 3.01. The zero-order valence-electron chi connectivity index (χ0n) is 10.00. The summed E-state index contributed by atoms with van der Waals surface area (Å²) in [7, 11) is 0.678. The van der Waals surface area contributed by atoms with Crippen LogP contribution in [0.3, 0.4) is 0 Å². The molecule has 0 bridgehead atoms. The summed E-state index contributed by atoms with van der Waals surface area (Å²) in [4.78, 5) is 0. The van der Waals surface area contributed by atoms with E-state index in [9.17, 15) is 4.21 Å². The lowest BCUT2D eigenvalue weighted by Gasteiger charge is -2.19. The van der Waals surface area contributed by atoms with Crippen LogP contribution in [0.4, 0.5) is 0 Å². The molecule has 3 nitrogen and oxygen atoms in total. The van der Waals surface area contributed by atoms with E-state index in [1.54, 1.807) is 7.11 Å². The zero-order valence-corrected chi connectivity index (χ0v) is 10.8. The fraction of sp³-hybridized carbons (Fsp3) is 0.143. The van der Waals surface area contributed by atoms with Crippen LogP contribution < -0.4 is 4.74 Å². The van der Waals surface area contributed by atoms with Gasteiger partial charge < -0.3 is 9.30 Å². The predicted molar refractivity (Wildman–Crippen MR) is 72.6 cm³/mol. The highest BCUT2D eigenvalue weighted by molar-refractivity contribution is 7.87. The summed E-state index contributed by atoms with van der Waals surface area (Å²) in [6, 6.07) is 9.84. The Morgan fingerprint density at radius 3 is 2.78 bits per heavy atom. The van der Waals surface area contributed by atoms with E-state index < -0.39 is 10.8 Å². The molecule has 0 fully saturated rings. The summed E-state index contributed by atoms with van der Waals surface area (Å²) in [6.45, 7) is 0. The van der Waals surface area contributed by atoms with Crippen molar-refractivity contribution in [2.75, 3.05) is 7.11 Å². The average Bonchev–Trinajstić information content (AvgIpc) is 2.90. The number of nitrogens with zero attached hydrogens (tertiary/aromatic N) is 1. The molecule has 0 N–H and O–H groups in total. The molecule has 0 saturated heterocycles. The topological polar surface area (TPSA) is 31.2 Å². The number of ether oxygens (including phenoxy) is 1. The molecular formula is C14H13NO2S. The molecule has 1 aliphatic heterocycles. The van der Waals surface area contributed by atoms with Crippen LogP contribution in [0, 0.1) is 0 Å². The first kappa shape index (κ1) is 11.3. The second-order valence-corrected chi connectivity index (χ2v) is 5.43. The van der Waals surface area contributed by atoms with Crippen molar-refractivity contribution < 1.29 is 8.95 Å². The van der Waals surface area contributed by atoms with Gasteiger partial charge in [-0.15, -0.1) is 0 Å². The first-order valence-corrected chi connectivity index (χ1v) is 7.06. The Labute approximate surface area is 108 Å². The number of hydrogen-bond acceptors (Lipinski definition) is 2. The van der Waals surface area contributed by atoms with Gasteiger partial charge in [-0.25, -0.2) is 0 Å². The molecule has 1 unspecified atom stereocenters. The average molecular weight is 259 g/mol. The van der Waals surface area contributed by atoms with Crippen LogP contribution >= 0.6 is 0 Å². The van der Waals surface area contributed by atoms with Crippen LogP contribution in [0.15, 0.2) is 48.1 Å². The molecule has 0 amide bonds. The highest BCUT2D eigenvalue weighted by atomic mass is 32.2. The molecule has 1 atom stereocenters. The lowest BCUT2D eigenvalue weighted by molar-refractivity contribution is 0.414. The molecule has 1 aromatic heterocycles. The second kappa shape index (κ2) is 4.46. The normalized spacial score (nSPS) is 18.1. The molecule has 2 heterocycles. The van der Waals surface area contributed by atoms with Gasteiger partial charge in [0, 0.05) is 23.4 Å². The summed E-state index contributed by atoms with van der Waals surface area (Å²) in [5.41, 5.74) is 3.16. The van der Waals surface area contributed by atoms with E-state index in [4.69, 9.17) is 4.74 Å². The smallest absolute Gasteiger partial charge is 0.119 e. The molecule has 1 aromatic carbocycles. The van der Waals surface area contributed by atoms with Gasteiger partial charge in [0.2, 0.25) is 0 Å². The highest BCUT2D eigenvalue weighted by Crippen LogP contribution is 2.30. The predicted octanol–water partition coefficient (Wildman–Crippen LogP) is 2.61. The number of rotatable bonds is 2. The number of benzene rings is 1. The van der Waals surface area contributed by atoms with E-state index in [2.05, 4.69) is 0 Å². The first-order chi connectivity index (χ1) is 8.78.